The van der Waals surface area contributed by atoms with Gasteiger partial charge in [-0.05, 0) is 48.5 Å². The molecule has 3 aromatic carbocycles. The first-order valence-corrected chi connectivity index (χ1v) is 9.63. The summed E-state index contributed by atoms with van der Waals surface area (Å²) in [7, 11) is 1.63. The molecule has 0 radical (unpaired) electrons. The van der Waals surface area contributed by atoms with Crippen LogP contribution in [0, 0.1) is 0 Å². The zero-order valence-electron chi connectivity index (χ0n) is 16.8. The largest absolute Gasteiger partial charge is 0.497 e. The molecule has 0 saturated heterocycles. The number of carbonyl (C=O) groups is 1. The van der Waals surface area contributed by atoms with Crippen LogP contribution in [0.2, 0.25) is 0 Å². The normalized spacial score (nSPS) is 10.6. The number of ether oxygens (including phenoxy) is 3. The second kappa shape index (κ2) is 11.3. The molecule has 0 spiro atoms. The minimum absolute atomic E-state index is 0.263. The minimum atomic E-state index is -0.263. The van der Waals surface area contributed by atoms with Gasteiger partial charge in [0.1, 0.15) is 17.2 Å². The van der Waals surface area contributed by atoms with Gasteiger partial charge in [-0.3, -0.25) is 4.79 Å². The molecule has 6 heteroatoms. The van der Waals surface area contributed by atoms with Gasteiger partial charge in [0.15, 0.2) is 0 Å². The number of benzene rings is 3. The van der Waals surface area contributed by atoms with E-state index in [1.165, 1.54) is 0 Å². The monoisotopic (exact) mass is 404 g/mol. The van der Waals surface area contributed by atoms with Gasteiger partial charge >= 0.3 is 0 Å². The molecule has 1 N–H and O–H groups in total. The molecule has 0 aliphatic rings. The average molecular weight is 404 g/mol. The minimum Gasteiger partial charge on any atom is -0.497 e. The first-order valence-electron chi connectivity index (χ1n) is 9.63. The van der Waals surface area contributed by atoms with E-state index < -0.39 is 0 Å². The number of nitrogens with zero attached hydrogens (tertiary/aromatic N) is 1. The van der Waals surface area contributed by atoms with Crippen LogP contribution in [0.5, 0.6) is 17.2 Å². The van der Waals surface area contributed by atoms with Gasteiger partial charge in [0, 0.05) is 17.5 Å². The predicted octanol–water partition coefficient (Wildman–Crippen LogP) is 4.31. The number of methoxy groups -OCH3 is 1. The van der Waals surface area contributed by atoms with E-state index in [0.717, 1.165) is 23.5 Å². The predicted molar refractivity (Wildman–Crippen MR) is 117 cm³/mol. The highest BCUT2D eigenvalue weighted by atomic mass is 16.5. The van der Waals surface area contributed by atoms with Crippen molar-refractivity contribution in [1.82, 2.24) is 5.43 Å². The Balaban J connectivity index is 1.44. The van der Waals surface area contributed by atoms with Crippen LogP contribution in [0.15, 0.2) is 84.0 Å². The number of hydrogen-bond acceptors (Lipinski definition) is 5. The summed E-state index contributed by atoms with van der Waals surface area (Å²) in [5.41, 5.74) is 3.85. The smallest absolute Gasteiger partial charge is 0.271 e. The summed E-state index contributed by atoms with van der Waals surface area (Å²) < 4.78 is 16.7. The zero-order chi connectivity index (χ0) is 21.0. The Labute approximate surface area is 176 Å². The van der Waals surface area contributed by atoms with Gasteiger partial charge in [-0.15, -0.1) is 0 Å². The number of hydrogen-bond donors (Lipinski definition) is 1. The van der Waals surface area contributed by atoms with Crippen LogP contribution in [0.3, 0.4) is 0 Å². The Morgan fingerprint density at radius 3 is 2.30 bits per heavy atom. The second-order valence-corrected chi connectivity index (χ2v) is 6.33. The van der Waals surface area contributed by atoms with Crippen LogP contribution in [0.25, 0.3) is 0 Å². The van der Waals surface area contributed by atoms with Gasteiger partial charge in [-0.2, -0.15) is 5.10 Å². The van der Waals surface area contributed by atoms with E-state index in [0.29, 0.717) is 24.5 Å². The number of nitrogens with one attached hydrogen (secondary N) is 1. The summed E-state index contributed by atoms with van der Waals surface area (Å²) in [6, 6.07) is 23.9. The van der Waals surface area contributed by atoms with E-state index in [4.69, 9.17) is 14.2 Å². The molecule has 0 unspecified atom stereocenters. The van der Waals surface area contributed by atoms with E-state index in [1.54, 1.807) is 37.6 Å². The molecule has 154 valence electrons. The van der Waals surface area contributed by atoms with Crippen molar-refractivity contribution in [3.05, 3.63) is 90.0 Å². The summed E-state index contributed by atoms with van der Waals surface area (Å²) >= 11 is 0. The van der Waals surface area contributed by atoms with Crippen molar-refractivity contribution in [2.75, 3.05) is 20.3 Å². The summed E-state index contributed by atoms with van der Waals surface area (Å²) in [6.07, 6.45) is 2.30. The fraction of sp³-hybridized carbons (Fsp3) is 0.167. The molecule has 6 nitrogen and oxygen atoms in total. The lowest BCUT2D eigenvalue weighted by molar-refractivity contribution is 0.0955. The van der Waals surface area contributed by atoms with E-state index >= 15 is 0 Å². The summed E-state index contributed by atoms with van der Waals surface area (Å²) in [5.74, 6) is 2.02. The van der Waals surface area contributed by atoms with Crippen LogP contribution >= 0.6 is 0 Å². The summed E-state index contributed by atoms with van der Waals surface area (Å²) in [4.78, 5) is 12.0. The van der Waals surface area contributed by atoms with Crippen molar-refractivity contribution in [3.8, 4) is 17.2 Å². The number of rotatable bonds is 10. The average Bonchev–Trinajstić information content (AvgIpc) is 2.80. The van der Waals surface area contributed by atoms with Crippen LogP contribution in [-0.2, 0) is 0 Å². The molecular formula is C24H24N2O4. The number of carbonyl (C=O) groups excluding carboxylic acids is 1. The standard InChI is InChI=1S/C24H24N2O4/c1-28-21-12-14-22(15-13-21)29-16-7-17-30-23-11-6-5-10-20(23)18-25-26-24(27)19-8-3-2-4-9-19/h2-6,8-15,18H,7,16-17H2,1H3,(H,26,27)/b25-18+. The molecule has 30 heavy (non-hydrogen) atoms. The number of hydrazone groups is 1. The van der Waals surface area contributed by atoms with Crippen molar-refractivity contribution in [3.63, 3.8) is 0 Å². The molecule has 0 aliphatic carbocycles. The Bertz CT molecular complexity index is 956. The third-order valence-corrected chi connectivity index (χ3v) is 4.20. The molecular weight excluding hydrogens is 380 g/mol. The third kappa shape index (κ3) is 6.38. The van der Waals surface area contributed by atoms with Crippen LogP contribution in [-0.4, -0.2) is 32.4 Å². The van der Waals surface area contributed by atoms with Crippen molar-refractivity contribution in [2.24, 2.45) is 5.10 Å². The summed E-state index contributed by atoms with van der Waals surface area (Å²) in [6.45, 7) is 1.03. The van der Waals surface area contributed by atoms with E-state index in [-0.39, 0.29) is 5.91 Å². The van der Waals surface area contributed by atoms with Crippen molar-refractivity contribution >= 4 is 12.1 Å². The Kier molecular flexibility index (Phi) is 7.85. The lowest BCUT2D eigenvalue weighted by Crippen LogP contribution is -2.17. The Morgan fingerprint density at radius 1 is 0.867 bits per heavy atom. The maximum absolute atomic E-state index is 12.0. The zero-order valence-corrected chi connectivity index (χ0v) is 16.8. The van der Waals surface area contributed by atoms with Crippen molar-refractivity contribution < 1.29 is 19.0 Å². The maximum atomic E-state index is 12.0. The fourth-order valence-electron chi connectivity index (χ4n) is 2.64. The van der Waals surface area contributed by atoms with Crippen LogP contribution < -0.4 is 19.6 Å². The summed E-state index contributed by atoms with van der Waals surface area (Å²) in [5, 5.41) is 4.04. The number of amides is 1. The van der Waals surface area contributed by atoms with Crippen molar-refractivity contribution in [1.29, 1.82) is 0 Å². The third-order valence-electron chi connectivity index (χ3n) is 4.20. The highest BCUT2D eigenvalue weighted by Crippen LogP contribution is 2.18. The maximum Gasteiger partial charge on any atom is 0.271 e. The SMILES string of the molecule is COc1ccc(OCCCOc2ccccc2/C=N/NC(=O)c2ccccc2)cc1. The molecule has 0 heterocycles. The number of para-hydroxylation sites is 1. The molecule has 1 amide bonds. The fourth-order valence-corrected chi connectivity index (χ4v) is 2.64. The molecule has 0 aromatic heterocycles. The van der Waals surface area contributed by atoms with Gasteiger partial charge < -0.3 is 14.2 Å². The molecule has 3 rings (SSSR count). The molecule has 0 saturated carbocycles. The quantitative estimate of drug-likeness (QED) is 0.311. The first-order chi connectivity index (χ1) is 14.8. The molecule has 0 aliphatic heterocycles. The molecule has 0 atom stereocenters. The Hall–Kier alpha value is -3.80. The van der Waals surface area contributed by atoms with Crippen molar-refractivity contribution in [2.45, 2.75) is 6.42 Å². The lowest BCUT2D eigenvalue weighted by atomic mass is 10.2. The molecule has 3 aromatic rings. The van der Waals surface area contributed by atoms with Crippen LogP contribution in [0.4, 0.5) is 0 Å². The lowest BCUT2D eigenvalue weighted by Gasteiger charge is -2.10. The second-order valence-electron chi connectivity index (χ2n) is 6.33. The van der Waals surface area contributed by atoms with Gasteiger partial charge in [0.05, 0.1) is 26.5 Å². The Morgan fingerprint density at radius 2 is 1.53 bits per heavy atom. The van der Waals surface area contributed by atoms with Gasteiger partial charge in [-0.25, -0.2) is 5.43 Å². The molecule has 0 bridgehead atoms. The topological polar surface area (TPSA) is 69.2 Å². The van der Waals surface area contributed by atoms with E-state index in [2.05, 4.69) is 10.5 Å². The highest BCUT2D eigenvalue weighted by Gasteiger charge is 2.04. The van der Waals surface area contributed by atoms with E-state index in [1.807, 2.05) is 54.6 Å². The highest BCUT2D eigenvalue weighted by molar-refractivity contribution is 5.95. The molecule has 0 fully saturated rings. The van der Waals surface area contributed by atoms with Gasteiger partial charge in [-0.1, -0.05) is 30.3 Å². The first kappa shape index (κ1) is 20.9. The van der Waals surface area contributed by atoms with Gasteiger partial charge in [0.2, 0.25) is 0 Å². The van der Waals surface area contributed by atoms with E-state index in [9.17, 15) is 4.79 Å². The van der Waals surface area contributed by atoms with Gasteiger partial charge in [0.25, 0.3) is 5.91 Å². The van der Waals surface area contributed by atoms with Crippen LogP contribution in [0.1, 0.15) is 22.3 Å².